The number of benzene rings is 2. The Balaban J connectivity index is 1.76. The minimum Gasteiger partial charge on any atom is -0.497 e. The molecule has 1 amide bonds. The molecule has 120 valence electrons. The second-order valence-electron chi connectivity index (χ2n) is 6.08. The van der Waals surface area contributed by atoms with Crippen LogP contribution < -0.4 is 4.74 Å². The van der Waals surface area contributed by atoms with Crippen LogP contribution in [-0.2, 0) is 0 Å². The normalized spacial score (nSPS) is 18.3. The topological polar surface area (TPSA) is 29.5 Å². The molecule has 0 bridgehead atoms. The van der Waals surface area contributed by atoms with E-state index in [9.17, 15) is 4.79 Å². The molecule has 23 heavy (non-hydrogen) atoms. The minimum absolute atomic E-state index is 0.144. The number of ether oxygens (including phenoxy) is 1. The maximum atomic E-state index is 12.7. The highest BCUT2D eigenvalue weighted by Gasteiger charge is 2.23. The molecule has 0 saturated carbocycles. The second-order valence-corrected chi connectivity index (χ2v) is 6.08. The fourth-order valence-corrected chi connectivity index (χ4v) is 3.24. The summed E-state index contributed by atoms with van der Waals surface area (Å²) in [4.78, 5) is 14.7. The van der Waals surface area contributed by atoms with Gasteiger partial charge in [-0.1, -0.05) is 36.8 Å². The lowest BCUT2D eigenvalue weighted by molar-refractivity contribution is 0.0754. The predicted molar refractivity (Wildman–Crippen MR) is 91.9 cm³/mol. The number of carbonyl (C=O) groups excluding carboxylic acids is 1. The highest BCUT2D eigenvalue weighted by Crippen LogP contribution is 2.28. The van der Waals surface area contributed by atoms with Gasteiger partial charge in [0.2, 0.25) is 0 Å². The summed E-state index contributed by atoms with van der Waals surface area (Å²) in [5, 5.41) is 0. The molecule has 0 spiro atoms. The molecule has 1 saturated heterocycles. The molecule has 1 aliphatic rings. The van der Waals surface area contributed by atoms with Crippen LogP contribution in [0.1, 0.15) is 41.1 Å². The molecule has 1 heterocycles. The van der Waals surface area contributed by atoms with E-state index in [1.807, 2.05) is 47.4 Å². The summed E-state index contributed by atoms with van der Waals surface area (Å²) in [7, 11) is 1.68. The minimum atomic E-state index is 0.144. The van der Waals surface area contributed by atoms with E-state index in [1.165, 1.54) is 5.56 Å². The second kappa shape index (κ2) is 7.32. The van der Waals surface area contributed by atoms with E-state index in [4.69, 9.17) is 4.74 Å². The van der Waals surface area contributed by atoms with Gasteiger partial charge in [0.1, 0.15) is 5.75 Å². The Morgan fingerprint density at radius 3 is 2.48 bits per heavy atom. The van der Waals surface area contributed by atoms with Crippen LogP contribution in [0.15, 0.2) is 54.6 Å². The summed E-state index contributed by atoms with van der Waals surface area (Å²) in [6.07, 6.45) is 3.37. The molecule has 0 radical (unpaired) electrons. The number of nitrogens with zero attached hydrogens (tertiary/aromatic N) is 1. The van der Waals surface area contributed by atoms with E-state index in [0.29, 0.717) is 5.92 Å². The van der Waals surface area contributed by atoms with E-state index in [2.05, 4.69) is 12.1 Å². The fraction of sp³-hybridized carbons (Fsp3) is 0.350. The lowest BCUT2D eigenvalue weighted by Gasteiger charge is -2.25. The van der Waals surface area contributed by atoms with Crippen molar-refractivity contribution >= 4 is 5.91 Å². The molecule has 1 aliphatic heterocycles. The number of hydrogen-bond acceptors (Lipinski definition) is 2. The van der Waals surface area contributed by atoms with Crippen molar-refractivity contribution in [3.05, 3.63) is 65.7 Å². The number of hydrogen-bond donors (Lipinski definition) is 0. The Hall–Kier alpha value is -2.29. The summed E-state index contributed by atoms with van der Waals surface area (Å²) < 4.78 is 5.23. The molecule has 0 N–H and O–H groups in total. The zero-order valence-electron chi connectivity index (χ0n) is 13.6. The monoisotopic (exact) mass is 309 g/mol. The third-order valence-electron chi connectivity index (χ3n) is 4.57. The molecule has 3 nitrogen and oxygen atoms in total. The predicted octanol–water partition coefficient (Wildman–Crippen LogP) is 4.11. The van der Waals surface area contributed by atoms with Gasteiger partial charge in [-0.25, -0.2) is 0 Å². The third kappa shape index (κ3) is 3.73. The first-order chi connectivity index (χ1) is 11.3. The zero-order valence-corrected chi connectivity index (χ0v) is 13.6. The number of amides is 1. The number of rotatable bonds is 3. The van der Waals surface area contributed by atoms with E-state index >= 15 is 0 Å². The summed E-state index contributed by atoms with van der Waals surface area (Å²) in [5.41, 5.74) is 2.07. The van der Waals surface area contributed by atoms with Gasteiger partial charge in [0.05, 0.1) is 7.11 Å². The summed E-state index contributed by atoms with van der Waals surface area (Å²) in [5.74, 6) is 1.42. The van der Waals surface area contributed by atoms with Crippen LogP contribution in [0.25, 0.3) is 0 Å². The van der Waals surface area contributed by atoms with E-state index in [0.717, 1.165) is 43.7 Å². The molecule has 2 aromatic carbocycles. The molecule has 1 fully saturated rings. The van der Waals surface area contributed by atoms with Gasteiger partial charge in [-0.15, -0.1) is 0 Å². The van der Waals surface area contributed by atoms with Crippen molar-refractivity contribution in [3.63, 3.8) is 0 Å². The highest BCUT2D eigenvalue weighted by atomic mass is 16.5. The van der Waals surface area contributed by atoms with Crippen LogP contribution in [0.3, 0.4) is 0 Å². The highest BCUT2D eigenvalue weighted by molar-refractivity contribution is 5.94. The van der Waals surface area contributed by atoms with Crippen LogP contribution in [0.5, 0.6) is 5.75 Å². The van der Waals surface area contributed by atoms with Gasteiger partial charge in [-0.05, 0) is 42.7 Å². The lowest BCUT2D eigenvalue weighted by Crippen LogP contribution is -2.34. The maximum Gasteiger partial charge on any atom is 0.253 e. The first kappa shape index (κ1) is 15.6. The van der Waals surface area contributed by atoms with Crippen LogP contribution >= 0.6 is 0 Å². The fourth-order valence-electron chi connectivity index (χ4n) is 3.24. The van der Waals surface area contributed by atoms with Crippen molar-refractivity contribution in [2.45, 2.75) is 25.2 Å². The molecule has 3 heteroatoms. The van der Waals surface area contributed by atoms with Crippen molar-refractivity contribution in [2.75, 3.05) is 20.2 Å². The molecule has 2 aromatic rings. The molecule has 1 unspecified atom stereocenters. The van der Waals surface area contributed by atoms with Gasteiger partial charge >= 0.3 is 0 Å². The van der Waals surface area contributed by atoms with Crippen LogP contribution in [0.2, 0.25) is 0 Å². The van der Waals surface area contributed by atoms with E-state index in [-0.39, 0.29) is 5.91 Å². The van der Waals surface area contributed by atoms with Gasteiger partial charge in [-0.3, -0.25) is 4.79 Å². The van der Waals surface area contributed by atoms with Crippen molar-refractivity contribution in [1.82, 2.24) is 4.90 Å². The zero-order chi connectivity index (χ0) is 16.1. The van der Waals surface area contributed by atoms with Gasteiger partial charge < -0.3 is 9.64 Å². The first-order valence-corrected chi connectivity index (χ1v) is 8.26. The maximum absolute atomic E-state index is 12.7. The van der Waals surface area contributed by atoms with Gasteiger partial charge in [0.25, 0.3) is 5.91 Å². The molecular weight excluding hydrogens is 286 g/mol. The number of likely N-dealkylation sites (tertiary alicyclic amines) is 1. The van der Waals surface area contributed by atoms with Crippen LogP contribution in [-0.4, -0.2) is 31.0 Å². The number of methoxy groups -OCH3 is 1. The third-order valence-corrected chi connectivity index (χ3v) is 4.57. The summed E-state index contributed by atoms with van der Waals surface area (Å²) >= 11 is 0. The van der Waals surface area contributed by atoms with Crippen molar-refractivity contribution in [2.24, 2.45) is 0 Å². The average molecular weight is 309 g/mol. The Labute approximate surface area is 137 Å². The van der Waals surface area contributed by atoms with Crippen molar-refractivity contribution < 1.29 is 9.53 Å². The molecular formula is C20H23NO2. The van der Waals surface area contributed by atoms with Gasteiger partial charge in [-0.2, -0.15) is 0 Å². The van der Waals surface area contributed by atoms with E-state index < -0.39 is 0 Å². The number of carbonyl (C=O) groups is 1. The quantitative estimate of drug-likeness (QED) is 0.854. The van der Waals surface area contributed by atoms with Gasteiger partial charge in [0.15, 0.2) is 0 Å². The summed E-state index contributed by atoms with van der Waals surface area (Å²) in [6, 6.07) is 17.8. The van der Waals surface area contributed by atoms with Crippen LogP contribution in [0, 0.1) is 0 Å². The largest absolute Gasteiger partial charge is 0.497 e. The molecule has 0 aliphatic carbocycles. The smallest absolute Gasteiger partial charge is 0.253 e. The van der Waals surface area contributed by atoms with Crippen molar-refractivity contribution in [1.29, 1.82) is 0 Å². The van der Waals surface area contributed by atoms with Crippen LogP contribution in [0.4, 0.5) is 0 Å². The standard InChI is InChI=1S/C20H23NO2/c1-23-19-12-10-16(11-13-19)18-9-5-6-14-21(15-18)20(22)17-7-3-2-4-8-17/h2-4,7-8,10-13,18H,5-6,9,14-15H2,1H3. The lowest BCUT2D eigenvalue weighted by atomic mass is 9.94. The molecule has 0 aromatic heterocycles. The van der Waals surface area contributed by atoms with E-state index in [1.54, 1.807) is 7.11 Å². The van der Waals surface area contributed by atoms with Crippen molar-refractivity contribution in [3.8, 4) is 5.75 Å². The Kier molecular flexibility index (Phi) is 4.96. The summed E-state index contributed by atoms with van der Waals surface area (Å²) in [6.45, 7) is 1.64. The van der Waals surface area contributed by atoms with Gasteiger partial charge in [0, 0.05) is 24.6 Å². The Morgan fingerprint density at radius 1 is 1.04 bits per heavy atom. The SMILES string of the molecule is COc1ccc(C2CCCCN(C(=O)c3ccccc3)C2)cc1. The molecule has 1 atom stereocenters. The first-order valence-electron chi connectivity index (χ1n) is 8.26. The average Bonchev–Trinajstić information content (AvgIpc) is 2.88. The Bertz CT molecular complexity index is 636. The Morgan fingerprint density at radius 2 is 1.78 bits per heavy atom. The molecule has 3 rings (SSSR count).